The molecule has 1 aromatic heterocycles. The molecule has 0 spiro atoms. The summed E-state index contributed by atoms with van der Waals surface area (Å²) in [5.74, 6) is -0.124. The molecule has 4 heteroatoms. The van der Waals surface area contributed by atoms with E-state index in [1.165, 1.54) is 0 Å². The third kappa shape index (κ3) is 1.57. The lowest BCUT2D eigenvalue weighted by molar-refractivity contribution is 0.102. The monoisotopic (exact) mass is 251 g/mol. The van der Waals surface area contributed by atoms with Gasteiger partial charge in [-0.05, 0) is 23.3 Å². The van der Waals surface area contributed by atoms with Crippen LogP contribution in [0, 0.1) is 0 Å². The zero-order valence-electron chi connectivity index (χ0n) is 10.3. The topological polar surface area (TPSA) is 82.0 Å². The van der Waals surface area contributed by atoms with Crippen LogP contribution in [-0.4, -0.2) is 16.8 Å². The number of allylic oxidation sites excluding steroid dienone is 3. The molecule has 0 saturated carbocycles. The molecule has 4 nitrogen and oxygen atoms in total. The van der Waals surface area contributed by atoms with E-state index in [-0.39, 0.29) is 5.78 Å². The number of pyridine rings is 1. The molecule has 0 aromatic carbocycles. The third-order valence-electron chi connectivity index (χ3n) is 3.42. The Bertz CT molecular complexity index is 695. The van der Waals surface area contributed by atoms with Crippen LogP contribution in [0.25, 0.3) is 5.57 Å². The second-order valence-corrected chi connectivity index (χ2v) is 4.55. The second kappa shape index (κ2) is 4.03. The number of nitrogens with zero attached hydrogens (tertiary/aromatic N) is 1. The van der Waals surface area contributed by atoms with E-state index in [4.69, 9.17) is 11.5 Å². The van der Waals surface area contributed by atoms with Crippen LogP contribution >= 0.6 is 0 Å². The standard InChI is InChI=1S/C15H13N3O/c1-8-9-5-6-18-7-10(9)15(19)14-12(17)4-2-3-11(16)13(8)14/h2-7,12H,1,16-17H2. The summed E-state index contributed by atoms with van der Waals surface area (Å²) < 4.78 is 0. The molecular formula is C15H13N3O. The van der Waals surface area contributed by atoms with Gasteiger partial charge in [0.1, 0.15) is 0 Å². The molecule has 1 unspecified atom stereocenters. The molecule has 0 bridgehead atoms. The van der Waals surface area contributed by atoms with Crippen molar-refractivity contribution in [3.63, 3.8) is 0 Å². The summed E-state index contributed by atoms with van der Waals surface area (Å²) in [5, 5.41) is 0. The SMILES string of the molecule is C=C1C2=C(C(=O)c3cnccc31)C(N)C=CC=C2N. The Morgan fingerprint density at radius 1 is 1.32 bits per heavy atom. The quantitative estimate of drug-likeness (QED) is 0.728. The van der Waals surface area contributed by atoms with E-state index < -0.39 is 6.04 Å². The van der Waals surface area contributed by atoms with Gasteiger partial charge in [0.2, 0.25) is 0 Å². The van der Waals surface area contributed by atoms with Crippen molar-refractivity contribution in [2.24, 2.45) is 11.5 Å². The summed E-state index contributed by atoms with van der Waals surface area (Å²) in [6.07, 6.45) is 8.45. The first-order valence-corrected chi connectivity index (χ1v) is 5.93. The number of hydrogen-bond acceptors (Lipinski definition) is 4. The lowest BCUT2D eigenvalue weighted by Crippen LogP contribution is -2.30. The first-order chi connectivity index (χ1) is 9.11. The van der Waals surface area contributed by atoms with Crippen molar-refractivity contribution in [1.82, 2.24) is 4.98 Å². The number of fused-ring (bicyclic) bond motifs is 1. The van der Waals surface area contributed by atoms with Gasteiger partial charge in [-0.15, -0.1) is 0 Å². The normalized spacial score (nSPS) is 21.7. The molecule has 0 fully saturated rings. The van der Waals surface area contributed by atoms with Crippen LogP contribution in [0.4, 0.5) is 0 Å². The third-order valence-corrected chi connectivity index (χ3v) is 3.42. The predicted molar refractivity (Wildman–Crippen MR) is 74.0 cm³/mol. The Kier molecular flexibility index (Phi) is 2.47. The van der Waals surface area contributed by atoms with Gasteiger partial charge in [-0.25, -0.2) is 0 Å². The van der Waals surface area contributed by atoms with Crippen LogP contribution in [0.15, 0.2) is 60.1 Å². The zero-order chi connectivity index (χ0) is 13.6. The summed E-state index contributed by atoms with van der Waals surface area (Å²) in [5.41, 5.74) is 15.8. The number of hydrogen-bond donors (Lipinski definition) is 2. The lowest BCUT2D eigenvalue weighted by atomic mass is 9.79. The number of nitrogens with two attached hydrogens (primary N) is 2. The van der Waals surface area contributed by atoms with Gasteiger partial charge in [0, 0.05) is 34.8 Å². The summed E-state index contributed by atoms with van der Waals surface area (Å²) in [6.45, 7) is 4.06. The molecule has 1 aromatic rings. The molecule has 0 saturated heterocycles. The number of carbonyl (C=O) groups is 1. The van der Waals surface area contributed by atoms with Crippen LogP contribution in [-0.2, 0) is 0 Å². The number of ketones is 1. The average molecular weight is 251 g/mol. The fourth-order valence-electron chi connectivity index (χ4n) is 2.50. The Balaban J connectivity index is 2.32. The molecule has 1 atom stereocenters. The van der Waals surface area contributed by atoms with E-state index in [9.17, 15) is 4.79 Å². The van der Waals surface area contributed by atoms with Crippen LogP contribution in [0.3, 0.4) is 0 Å². The minimum Gasteiger partial charge on any atom is -0.398 e. The van der Waals surface area contributed by atoms with Crippen LogP contribution < -0.4 is 11.5 Å². The Hall–Kier alpha value is -2.46. The number of Topliss-reactive ketones (excluding diaryl/α,β-unsaturated/α-hetero) is 1. The highest BCUT2D eigenvalue weighted by atomic mass is 16.1. The van der Waals surface area contributed by atoms with Crippen molar-refractivity contribution in [3.8, 4) is 0 Å². The van der Waals surface area contributed by atoms with Gasteiger partial charge in [0.05, 0.1) is 6.04 Å². The van der Waals surface area contributed by atoms with Gasteiger partial charge < -0.3 is 11.5 Å². The van der Waals surface area contributed by atoms with Gasteiger partial charge in [-0.1, -0.05) is 18.7 Å². The van der Waals surface area contributed by atoms with Crippen LogP contribution in [0.1, 0.15) is 15.9 Å². The Morgan fingerprint density at radius 3 is 2.89 bits per heavy atom. The van der Waals surface area contributed by atoms with E-state index in [1.54, 1.807) is 36.7 Å². The van der Waals surface area contributed by atoms with E-state index in [0.717, 1.165) is 11.1 Å². The van der Waals surface area contributed by atoms with Crippen molar-refractivity contribution in [2.75, 3.05) is 0 Å². The predicted octanol–water partition coefficient (Wildman–Crippen LogP) is 1.33. The largest absolute Gasteiger partial charge is 0.398 e. The van der Waals surface area contributed by atoms with Crippen molar-refractivity contribution in [3.05, 3.63) is 71.2 Å². The maximum Gasteiger partial charge on any atom is 0.193 e. The molecule has 0 radical (unpaired) electrons. The highest BCUT2D eigenvalue weighted by Gasteiger charge is 2.32. The molecule has 94 valence electrons. The lowest BCUT2D eigenvalue weighted by Gasteiger charge is -2.25. The summed E-state index contributed by atoms with van der Waals surface area (Å²) in [4.78, 5) is 16.6. The molecule has 1 heterocycles. The van der Waals surface area contributed by atoms with Crippen LogP contribution in [0.5, 0.6) is 0 Å². The second-order valence-electron chi connectivity index (χ2n) is 4.55. The minimum atomic E-state index is -0.482. The van der Waals surface area contributed by atoms with Gasteiger partial charge in [-0.3, -0.25) is 9.78 Å². The first-order valence-electron chi connectivity index (χ1n) is 5.93. The van der Waals surface area contributed by atoms with Gasteiger partial charge >= 0.3 is 0 Å². The molecular weight excluding hydrogens is 238 g/mol. The molecule has 19 heavy (non-hydrogen) atoms. The van der Waals surface area contributed by atoms with E-state index in [0.29, 0.717) is 22.4 Å². The molecule has 2 aliphatic carbocycles. The smallest absolute Gasteiger partial charge is 0.193 e. The number of carbonyl (C=O) groups excluding carboxylic acids is 1. The highest BCUT2D eigenvalue weighted by Crippen LogP contribution is 2.38. The minimum absolute atomic E-state index is 0.124. The van der Waals surface area contributed by atoms with Crippen molar-refractivity contribution < 1.29 is 4.79 Å². The maximum absolute atomic E-state index is 12.6. The summed E-state index contributed by atoms with van der Waals surface area (Å²) in [7, 11) is 0. The van der Waals surface area contributed by atoms with Gasteiger partial charge in [0.25, 0.3) is 0 Å². The summed E-state index contributed by atoms with van der Waals surface area (Å²) in [6, 6.07) is 1.29. The average Bonchev–Trinajstić information content (AvgIpc) is 2.56. The summed E-state index contributed by atoms with van der Waals surface area (Å²) >= 11 is 0. The molecule has 4 N–H and O–H groups in total. The van der Waals surface area contributed by atoms with Gasteiger partial charge in [-0.2, -0.15) is 0 Å². The maximum atomic E-state index is 12.6. The number of aromatic nitrogens is 1. The molecule has 2 aliphatic rings. The zero-order valence-corrected chi connectivity index (χ0v) is 10.3. The fraction of sp³-hybridized carbons (Fsp3) is 0.0667. The fourth-order valence-corrected chi connectivity index (χ4v) is 2.50. The molecule has 0 aliphatic heterocycles. The van der Waals surface area contributed by atoms with Crippen molar-refractivity contribution >= 4 is 11.4 Å². The highest BCUT2D eigenvalue weighted by molar-refractivity contribution is 6.19. The Labute approximate surface area is 110 Å². The molecule has 0 amide bonds. The van der Waals surface area contributed by atoms with Crippen molar-refractivity contribution in [2.45, 2.75) is 6.04 Å². The van der Waals surface area contributed by atoms with E-state index in [1.807, 2.05) is 0 Å². The molecule has 3 rings (SSSR count). The van der Waals surface area contributed by atoms with Crippen LogP contribution in [0.2, 0.25) is 0 Å². The Morgan fingerprint density at radius 2 is 2.11 bits per heavy atom. The van der Waals surface area contributed by atoms with E-state index in [2.05, 4.69) is 11.6 Å². The number of rotatable bonds is 0. The van der Waals surface area contributed by atoms with Crippen molar-refractivity contribution in [1.29, 1.82) is 0 Å². The van der Waals surface area contributed by atoms with E-state index >= 15 is 0 Å². The van der Waals surface area contributed by atoms with Gasteiger partial charge in [0.15, 0.2) is 5.78 Å². The first kappa shape index (κ1) is 11.6.